The molecule has 1 aliphatic rings. The molecule has 3 amide bonds. The topological polar surface area (TPSA) is 66.5 Å². The van der Waals surface area contributed by atoms with Gasteiger partial charge in [-0.15, -0.1) is 0 Å². The maximum Gasteiger partial charge on any atom is 0.261 e. The molecule has 2 aromatic carbocycles. The number of hydrogen-bond acceptors (Lipinski definition) is 3. The highest BCUT2D eigenvalue weighted by atomic mass is 79.9. The van der Waals surface area contributed by atoms with Gasteiger partial charge in [0.2, 0.25) is 5.91 Å². The summed E-state index contributed by atoms with van der Waals surface area (Å²) in [4.78, 5) is 38.2. The molecule has 0 saturated carbocycles. The summed E-state index contributed by atoms with van der Waals surface area (Å²) in [7, 11) is 0. The first-order chi connectivity index (χ1) is 13.0. The first kappa shape index (κ1) is 19.3. The summed E-state index contributed by atoms with van der Waals surface area (Å²) in [6.45, 7) is 2.26. The van der Waals surface area contributed by atoms with Gasteiger partial charge in [0, 0.05) is 17.4 Å². The van der Waals surface area contributed by atoms with E-state index in [1.54, 1.807) is 24.3 Å². The molecule has 0 bridgehead atoms. The Morgan fingerprint density at radius 2 is 1.63 bits per heavy atom. The molecule has 0 fully saturated rings. The lowest BCUT2D eigenvalue weighted by Gasteiger charge is -2.18. The summed E-state index contributed by atoms with van der Waals surface area (Å²) in [6.07, 6.45) is 1.49. The number of halogens is 1. The number of nitrogens with one attached hydrogen (secondary N) is 1. The molecule has 1 aliphatic heterocycles. The Bertz CT molecular complexity index is 829. The van der Waals surface area contributed by atoms with Crippen LogP contribution in [0.25, 0.3) is 0 Å². The number of carbonyl (C=O) groups is 3. The van der Waals surface area contributed by atoms with Crippen molar-refractivity contribution in [1.82, 2.24) is 10.2 Å². The Morgan fingerprint density at radius 3 is 2.19 bits per heavy atom. The van der Waals surface area contributed by atoms with Crippen molar-refractivity contribution in [2.75, 3.05) is 6.54 Å². The fraction of sp³-hybridized carbons (Fsp3) is 0.286. The number of benzene rings is 2. The van der Waals surface area contributed by atoms with Gasteiger partial charge in [-0.2, -0.15) is 0 Å². The van der Waals surface area contributed by atoms with E-state index in [1.165, 1.54) is 4.90 Å². The third-order valence-corrected chi connectivity index (χ3v) is 5.21. The van der Waals surface area contributed by atoms with Crippen molar-refractivity contribution in [3.05, 3.63) is 69.7 Å². The smallest absolute Gasteiger partial charge is 0.261 e. The number of nitrogens with zero attached hydrogens (tertiary/aromatic N) is 1. The zero-order valence-corrected chi connectivity index (χ0v) is 16.7. The number of imide groups is 1. The minimum atomic E-state index is -0.280. The van der Waals surface area contributed by atoms with Crippen LogP contribution in [0.3, 0.4) is 0 Å². The lowest BCUT2D eigenvalue weighted by molar-refractivity contribution is -0.122. The molecule has 0 saturated heterocycles. The highest BCUT2D eigenvalue weighted by Crippen LogP contribution is 2.23. The largest absolute Gasteiger partial charge is 0.349 e. The van der Waals surface area contributed by atoms with Crippen molar-refractivity contribution in [2.24, 2.45) is 0 Å². The maximum absolute atomic E-state index is 12.3. The van der Waals surface area contributed by atoms with Crippen molar-refractivity contribution < 1.29 is 14.4 Å². The monoisotopic (exact) mass is 428 g/mol. The molecule has 27 heavy (non-hydrogen) atoms. The zero-order valence-electron chi connectivity index (χ0n) is 15.1. The zero-order chi connectivity index (χ0) is 19.4. The van der Waals surface area contributed by atoms with Crippen LogP contribution in [0.2, 0.25) is 0 Å². The Balaban J connectivity index is 1.52. The molecular formula is C21H21BrN2O3. The van der Waals surface area contributed by atoms with Crippen LogP contribution in [0.4, 0.5) is 0 Å². The number of carbonyl (C=O) groups excluding carboxylic acids is 3. The van der Waals surface area contributed by atoms with E-state index in [1.807, 2.05) is 31.2 Å². The second-order valence-electron chi connectivity index (χ2n) is 6.49. The maximum atomic E-state index is 12.3. The molecule has 2 aromatic rings. The predicted molar refractivity (Wildman–Crippen MR) is 106 cm³/mol. The molecular weight excluding hydrogens is 408 g/mol. The molecule has 1 atom stereocenters. The minimum Gasteiger partial charge on any atom is -0.349 e. The lowest BCUT2D eigenvalue weighted by atomic mass is 10.0. The summed E-state index contributed by atoms with van der Waals surface area (Å²) in [5.74, 6) is -0.643. The van der Waals surface area contributed by atoms with Crippen LogP contribution in [0.1, 0.15) is 58.5 Å². The van der Waals surface area contributed by atoms with E-state index in [9.17, 15) is 14.4 Å². The Labute approximate surface area is 166 Å². The van der Waals surface area contributed by atoms with Crippen LogP contribution in [-0.2, 0) is 4.79 Å². The summed E-state index contributed by atoms with van der Waals surface area (Å²) in [5.41, 5.74) is 1.93. The van der Waals surface area contributed by atoms with Crippen molar-refractivity contribution in [1.29, 1.82) is 0 Å². The summed E-state index contributed by atoms with van der Waals surface area (Å²) in [5, 5.41) is 3.02. The first-order valence-electron chi connectivity index (χ1n) is 9.01. The van der Waals surface area contributed by atoms with E-state index in [-0.39, 0.29) is 36.7 Å². The van der Waals surface area contributed by atoms with Crippen LogP contribution in [0.15, 0.2) is 53.0 Å². The van der Waals surface area contributed by atoms with Gasteiger partial charge >= 0.3 is 0 Å². The molecule has 5 nitrogen and oxygen atoms in total. The molecule has 1 heterocycles. The molecule has 0 aromatic heterocycles. The number of amides is 3. The van der Waals surface area contributed by atoms with Gasteiger partial charge in [0.05, 0.1) is 17.2 Å². The van der Waals surface area contributed by atoms with Crippen LogP contribution in [0.5, 0.6) is 0 Å². The second-order valence-corrected chi connectivity index (χ2v) is 7.41. The summed E-state index contributed by atoms with van der Waals surface area (Å²) >= 11 is 3.41. The van der Waals surface area contributed by atoms with Crippen molar-refractivity contribution >= 4 is 33.7 Å². The Hall–Kier alpha value is -2.47. The molecule has 1 N–H and O–H groups in total. The number of rotatable bonds is 7. The molecule has 1 unspecified atom stereocenters. The molecule has 0 spiro atoms. The van der Waals surface area contributed by atoms with Gasteiger partial charge in [0.15, 0.2) is 0 Å². The van der Waals surface area contributed by atoms with E-state index in [0.29, 0.717) is 17.5 Å². The quantitative estimate of drug-likeness (QED) is 0.675. The average molecular weight is 429 g/mol. The van der Waals surface area contributed by atoms with Crippen LogP contribution in [0, 0.1) is 0 Å². The van der Waals surface area contributed by atoms with Gasteiger partial charge in [0.25, 0.3) is 11.8 Å². The van der Waals surface area contributed by atoms with Crippen molar-refractivity contribution in [2.45, 2.75) is 32.2 Å². The van der Waals surface area contributed by atoms with Gasteiger partial charge < -0.3 is 5.32 Å². The van der Waals surface area contributed by atoms with Gasteiger partial charge in [-0.3, -0.25) is 19.3 Å². The van der Waals surface area contributed by atoms with Crippen LogP contribution < -0.4 is 5.32 Å². The van der Waals surface area contributed by atoms with E-state index >= 15 is 0 Å². The van der Waals surface area contributed by atoms with Gasteiger partial charge in [0.1, 0.15) is 0 Å². The highest BCUT2D eigenvalue weighted by molar-refractivity contribution is 9.10. The molecule has 0 aliphatic carbocycles. The number of hydrogen-bond donors (Lipinski definition) is 1. The van der Waals surface area contributed by atoms with Crippen molar-refractivity contribution in [3.63, 3.8) is 0 Å². The Kier molecular flexibility index (Phi) is 6.06. The fourth-order valence-electron chi connectivity index (χ4n) is 3.22. The van der Waals surface area contributed by atoms with E-state index in [0.717, 1.165) is 16.5 Å². The van der Waals surface area contributed by atoms with Crippen LogP contribution in [-0.4, -0.2) is 29.2 Å². The van der Waals surface area contributed by atoms with Gasteiger partial charge in [-0.25, -0.2) is 0 Å². The average Bonchev–Trinajstić information content (AvgIpc) is 2.92. The van der Waals surface area contributed by atoms with E-state index < -0.39 is 0 Å². The fourth-order valence-corrected chi connectivity index (χ4v) is 3.49. The number of fused-ring (bicyclic) bond motifs is 1. The molecule has 6 heteroatoms. The highest BCUT2D eigenvalue weighted by Gasteiger charge is 2.34. The predicted octanol–water partition coefficient (Wildman–Crippen LogP) is 4.09. The Morgan fingerprint density at radius 1 is 1.04 bits per heavy atom. The molecule has 140 valence electrons. The summed E-state index contributed by atoms with van der Waals surface area (Å²) in [6, 6.07) is 14.6. The lowest BCUT2D eigenvalue weighted by Crippen LogP contribution is -2.32. The van der Waals surface area contributed by atoms with E-state index in [2.05, 4.69) is 21.2 Å². The van der Waals surface area contributed by atoms with Gasteiger partial charge in [-0.05, 0) is 42.7 Å². The standard InChI is InChI=1S/C21H21BrN2O3/c1-2-18(14-9-11-15(22)12-10-14)23-19(25)8-5-13-24-20(26)16-6-3-4-7-17(16)21(24)27/h3-4,6-7,9-12,18H,2,5,8,13H2,1H3,(H,23,25). The van der Waals surface area contributed by atoms with E-state index in [4.69, 9.17) is 0 Å². The first-order valence-corrected chi connectivity index (χ1v) is 9.80. The van der Waals surface area contributed by atoms with Gasteiger partial charge in [-0.1, -0.05) is 47.1 Å². The molecule has 0 radical (unpaired) electrons. The summed E-state index contributed by atoms with van der Waals surface area (Å²) < 4.78 is 0.994. The van der Waals surface area contributed by atoms with Crippen LogP contribution >= 0.6 is 15.9 Å². The van der Waals surface area contributed by atoms with Crippen molar-refractivity contribution in [3.8, 4) is 0 Å². The third-order valence-electron chi connectivity index (χ3n) is 4.68. The minimum absolute atomic E-state index is 0.0510. The second kappa shape index (κ2) is 8.48. The molecule has 3 rings (SSSR count). The SMILES string of the molecule is CCC(NC(=O)CCCN1C(=O)c2ccccc2C1=O)c1ccc(Br)cc1. The third kappa shape index (κ3) is 4.27. The normalized spacial score (nSPS) is 14.2.